The average Bonchev–Trinajstić information content (AvgIpc) is 2.73. The zero-order chi connectivity index (χ0) is 16.2. The molecule has 1 aromatic rings. The van der Waals surface area contributed by atoms with E-state index in [2.05, 4.69) is 10.6 Å². The van der Waals surface area contributed by atoms with E-state index in [1.807, 2.05) is 20.8 Å². The first-order chi connectivity index (χ1) is 9.59. The van der Waals surface area contributed by atoms with Gasteiger partial charge in [0.1, 0.15) is 0 Å². The van der Waals surface area contributed by atoms with Gasteiger partial charge in [-0.2, -0.15) is 0 Å². The van der Waals surface area contributed by atoms with Crippen LogP contribution in [-0.4, -0.2) is 28.9 Å². The van der Waals surface area contributed by atoms with Crippen molar-refractivity contribution in [2.24, 2.45) is 5.41 Å². The molecule has 21 heavy (non-hydrogen) atoms. The van der Waals surface area contributed by atoms with Crippen LogP contribution in [-0.2, 0) is 9.59 Å². The molecule has 1 rings (SSSR count). The Morgan fingerprint density at radius 2 is 1.90 bits per heavy atom. The number of thiophene rings is 1. The highest BCUT2D eigenvalue weighted by Gasteiger charge is 2.29. The fourth-order valence-corrected chi connectivity index (χ4v) is 2.53. The van der Waals surface area contributed by atoms with Crippen LogP contribution < -0.4 is 10.6 Å². The van der Waals surface area contributed by atoms with E-state index in [1.165, 1.54) is 6.92 Å². The Morgan fingerprint density at radius 3 is 2.38 bits per heavy atom. The number of rotatable bonds is 5. The van der Waals surface area contributed by atoms with Gasteiger partial charge in [0, 0.05) is 13.0 Å². The first-order valence-corrected chi connectivity index (χ1v) is 7.31. The van der Waals surface area contributed by atoms with Crippen molar-refractivity contribution in [3.8, 4) is 0 Å². The van der Waals surface area contributed by atoms with E-state index < -0.39 is 12.0 Å². The van der Waals surface area contributed by atoms with Crippen LogP contribution in [0.5, 0.6) is 0 Å². The van der Waals surface area contributed by atoms with Gasteiger partial charge < -0.3 is 15.7 Å². The van der Waals surface area contributed by atoms with Crippen LogP contribution in [0.25, 0.3) is 0 Å². The predicted molar refractivity (Wildman–Crippen MR) is 81.6 cm³/mol. The first kappa shape index (κ1) is 17.2. The number of carboxylic acids is 1. The van der Waals surface area contributed by atoms with Crippen LogP contribution in [0, 0.1) is 5.41 Å². The van der Waals surface area contributed by atoms with Crippen molar-refractivity contribution < 1.29 is 19.5 Å². The smallest absolute Gasteiger partial charge is 0.305 e. The highest BCUT2D eigenvalue weighted by molar-refractivity contribution is 7.18. The number of anilines is 1. The molecule has 0 aliphatic rings. The van der Waals surface area contributed by atoms with Gasteiger partial charge in [-0.05, 0) is 17.5 Å². The van der Waals surface area contributed by atoms with Crippen LogP contribution in [0.15, 0.2) is 12.1 Å². The minimum atomic E-state index is -0.958. The second kappa shape index (κ2) is 6.71. The largest absolute Gasteiger partial charge is 0.481 e. The molecule has 0 aliphatic carbocycles. The number of nitrogens with one attached hydrogen (secondary N) is 2. The molecule has 3 N–H and O–H groups in total. The Labute approximate surface area is 127 Å². The molecule has 1 atom stereocenters. The number of carbonyl (C=O) groups is 3. The maximum atomic E-state index is 12.2. The molecule has 0 radical (unpaired) electrons. The van der Waals surface area contributed by atoms with Crippen LogP contribution in [0.3, 0.4) is 0 Å². The number of carbonyl (C=O) groups excluding carboxylic acids is 2. The third-order valence-corrected chi connectivity index (χ3v) is 3.86. The summed E-state index contributed by atoms with van der Waals surface area (Å²) in [6, 6.07) is 2.77. The molecule has 1 aromatic heterocycles. The predicted octanol–water partition coefficient (Wildman–Crippen LogP) is 2.33. The van der Waals surface area contributed by atoms with Crippen molar-refractivity contribution in [1.29, 1.82) is 0 Å². The Kier molecular flexibility index (Phi) is 5.48. The number of aliphatic carboxylic acids is 1. The van der Waals surface area contributed by atoms with Crippen molar-refractivity contribution in [3.05, 3.63) is 17.0 Å². The van der Waals surface area contributed by atoms with Gasteiger partial charge in [-0.15, -0.1) is 11.3 Å². The molecule has 116 valence electrons. The van der Waals surface area contributed by atoms with E-state index in [1.54, 1.807) is 12.1 Å². The van der Waals surface area contributed by atoms with Gasteiger partial charge >= 0.3 is 5.97 Å². The Hall–Kier alpha value is -1.89. The summed E-state index contributed by atoms with van der Waals surface area (Å²) in [6.07, 6.45) is -0.140. The van der Waals surface area contributed by atoms with Crippen LogP contribution in [0.1, 0.15) is 43.8 Å². The molecule has 0 spiro atoms. The summed E-state index contributed by atoms with van der Waals surface area (Å²) in [5, 5.41) is 14.9. The van der Waals surface area contributed by atoms with E-state index in [-0.39, 0.29) is 23.7 Å². The summed E-state index contributed by atoms with van der Waals surface area (Å²) in [6.45, 7) is 7.01. The van der Waals surface area contributed by atoms with Gasteiger partial charge in [0.05, 0.1) is 16.3 Å². The highest BCUT2D eigenvalue weighted by atomic mass is 32.1. The Balaban J connectivity index is 2.79. The Morgan fingerprint density at radius 1 is 1.29 bits per heavy atom. The van der Waals surface area contributed by atoms with Crippen molar-refractivity contribution in [1.82, 2.24) is 5.32 Å². The SMILES string of the molecule is CC(=O)Nc1ccc(C(=O)NC(CC(=O)O)C(C)(C)C)s1. The third kappa shape index (κ3) is 5.55. The highest BCUT2D eigenvalue weighted by Crippen LogP contribution is 2.25. The number of hydrogen-bond acceptors (Lipinski definition) is 4. The number of amides is 2. The lowest BCUT2D eigenvalue weighted by Crippen LogP contribution is -2.44. The molecule has 7 heteroatoms. The fraction of sp³-hybridized carbons (Fsp3) is 0.500. The number of carboxylic acid groups (broad SMARTS) is 1. The van der Waals surface area contributed by atoms with Gasteiger partial charge in [0.25, 0.3) is 5.91 Å². The van der Waals surface area contributed by atoms with Crippen LogP contribution >= 0.6 is 11.3 Å². The van der Waals surface area contributed by atoms with Crippen molar-refractivity contribution >= 4 is 34.1 Å². The zero-order valence-corrected chi connectivity index (χ0v) is 13.3. The number of hydrogen-bond donors (Lipinski definition) is 3. The summed E-state index contributed by atoms with van der Waals surface area (Å²) in [5.74, 6) is -1.50. The van der Waals surface area contributed by atoms with Crippen LogP contribution in [0.2, 0.25) is 0 Å². The van der Waals surface area contributed by atoms with Crippen molar-refractivity contribution in [2.45, 2.75) is 40.2 Å². The van der Waals surface area contributed by atoms with Gasteiger partial charge in [0.15, 0.2) is 0 Å². The zero-order valence-electron chi connectivity index (χ0n) is 12.5. The Bertz CT molecular complexity index is 545. The van der Waals surface area contributed by atoms with Crippen molar-refractivity contribution in [2.75, 3.05) is 5.32 Å². The summed E-state index contributed by atoms with van der Waals surface area (Å²) >= 11 is 1.15. The standard InChI is InChI=1S/C14H20N2O4S/c1-8(17)15-11-6-5-9(21-11)13(20)16-10(7-12(18)19)14(2,3)4/h5-6,10H,7H2,1-4H3,(H,15,17)(H,16,20)(H,18,19). The van der Waals surface area contributed by atoms with Crippen molar-refractivity contribution in [3.63, 3.8) is 0 Å². The second-order valence-electron chi connectivity index (χ2n) is 5.84. The average molecular weight is 312 g/mol. The molecule has 0 aliphatic heterocycles. The molecule has 0 aromatic carbocycles. The quantitative estimate of drug-likeness (QED) is 0.777. The molecular formula is C14H20N2O4S. The van der Waals surface area contributed by atoms with Gasteiger partial charge in [-0.1, -0.05) is 20.8 Å². The monoisotopic (exact) mass is 312 g/mol. The summed E-state index contributed by atoms with van der Waals surface area (Å²) in [5.41, 5.74) is -0.369. The molecular weight excluding hydrogens is 292 g/mol. The van der Waals surface area contributed by atoms with E-state index in [9.17, 15) is 14.4 Å². The molecule has 1 heterocycles. The van der Waals surface area contributed by atoms with Gasteiger partial charge in [-0.25, -0.2) is 0 Å². The maximum Gasteiger partial charge on any atom is 0.305 e. The fourth-order valence-electron chi connectivity index (χ4n) is 1.68. The molecule has 0 saturated heterocycles. The molecule has 0 bridgehead atoms. The lowest BCUT2D eigenvalue weighted by atomic mass is 9.84. The second-order valence-corrected chi connectivity index (χ2v) is 6.92. The van der Waals surface area contributed by atoms with E-state index in [4.69, 9.17) is 5.11 Å². The summed E-state index contributed by atoms with van der Waals surface area (Å²) < 4.78 is 0. The minimum absolute atomic E-state index is 0.140. The van der Waals surface area contributed by atoms with E-state index in [0.717, 1.165) is 11.3 Å². The third-order valence-electron chi connectivity index (χ3n) is 2.86. The van der Waals surface area contributed by atoms with Gasteiger partial charge in [0.2, 0.25) is 5.91 Å². The topological polar surface area (TPSA) is 95.5 Å². The van der Waals surface area contributed by atoms with Gasteiger partial charge in [-0.3, -0.25) is 14.4 Å². The first-order valence-electron chi connectivity index (χ1n) is 6.49. The molecule has 0 fully saturated rings. The van der Waals surface area contributed by atoms with E-state index in [0.29, 0.717) is 9.88 Å². The minimum Gasteiger partial charge on any atom is -0.481 e. The maximum absolute atomic E-state index is 12.2. The van der Waals surface area contributed by atoms with E-state index >= 15 is 0 Å². The van der Waals surface area contributed by atoms with Crippen LogP contribution in [0.4, 0.5) is 5.00 Å². The lowest BCUT2D eigenvalue weighted by molar-refractivity contribution is -0.138. The summed E-state index contributed by atoms with van der Waals surface area (Å²) in [7, 11) is 0. The molecule has 6 nitrogen and oxygen atoms in total. The molecule has 2 amide bonds. The normalized spacial score (nSPS) is 12.6. The molecule has 0 saturated carbocycles. The lowest BCUT2D eigenvalue weighted by Gasteiger charge is -2.30. The summed E-state index contributed by atoms with van der Waals surface area (Å²) in [4.78, 5) is 34.5. The molecule has 1 unspecified atom stereocenters.